The topological polar surface area (TPSA) is 61.4 Å². The predicted octanol–water partition coefficient (Wildman–Crippen LogP) is 3.04. The minimum absolute atomic E-state index is 0.0705. The third-order valence-electron chi connectivity index (χ3n) is 4.05. The zero-order valence-electron chi connectivity index (χ0n) is 13.7. The van der Waals surface area contributed by atoms with Gasteiger partial charge in [0.1, 0.15) is 5.82 Å². The van der Waals surface area contributed by atoms with Crippen LogP contribution >= 0.6 is 11.8 Å². The Morgan fingerprint density at radius 2 is 1.84 bits per heavy atom. The van der Waals surface area contributed by atoms with Gasteiger partial charge in [0.2, 0.25) is 11.8 Å². The van der Waals surface area contributed by atoms with Crippen LogP contribution in [0.15, 0.2) is 53.4 Å². The van der Waals surface area contributed by atoms with Gasteiger partial charge in [-0.15, -0.1) is 11.8 Å². The maximum atomic E-state index is 12.9. The third-order valence-corrected chi connectivity index (χ3v) is 4.80. The molecule has 3 rings (SSSR count). The highest BCUT2D eigenvalue weighted by Crippen LogP contribution is 2.27. The second-order valence-corrected chi connectivity index (χ2v) is 6.60. The number of halogens is 1. The summed E-state index contributed by atoms with van der Waals surface area (Å²) >= 11 is 1.63. The molecule has 2 N–H and O–H groups in total. The van der Waals surface area contributed by atoms with E-state index in [1.807, 2.05) is 30.5 Å². The molecule has 1 atom stereocenters. The SMILES string of the molecule is CSc1ccc(N2CC(C(=O)NNc3ccc(F)cc3)CC2=O)cc1. The number of hydrogen-bond acceptors (Lipinski definition) is 4. The molecular weight excluding hydrogens is 341 g/mol. The molecule has 2 aromatic carbocycles. The predicted molar refractivity (Wildman–Crippen MR) is 96.8 cm³/mol. The van der Waals surface area contributed by atoms with Crippen LogP contribution in [0.4, 0.5) is 15.8 Å². The zero-order chi connectivity index (χ0) is 17.8. The molecule has 0 radical (unpaired) electrons. The molecule has 5 nitrogen and oxygen atoms in total. The summed E-state index contributed by atoms with van der Waals surface area (Å²) in [5.41, 5.74) is 6.68. The molecule has 7 heteroatoms. The first-order chi connectivity index (χ1) is 12.1. The van der Waals surface area contributed by atoms with Gasteiger partial charge in [-0.05, 0) is 54.8 Å². The van der Waals surface area contributed by atoms with E-state index in [-0.39, 0.29) is 24.1 Å². The number of benzene rings is 2. The quantitative estimate of drug-likeness (QED) is 0.636. The number of amides is 2. The first kappa shape index (κ1) is 17.3. The van der Waals surface area contributed by atoms with Crippen LogP contribution in [0.5, 0.6) is 0 Å². The maximum Gasteiger partial charge on any atom is 0.243 e. The molecule has 1 saturated heterocycles. The molecule has 0 aromatic heterocycles. The van der Waals surface area contributed by atoms with E-state index >= 15 is 0 Å². The van der Waals surface area contributed by atoms with E-state index < -0.39 is 5.92 Å². The molecule has 1 aliphatic heterocycles. The molecule has 25 heavy (non-hydrogen) atoms. The van der Waals surface area contributed by atoms with Crippen molar-refractivity contribution in [3.8, 4) is 0 Å². The monoisotopic (exact) mass is 359 g/mol. The molecular formula is C18H18FN3O2S. The molecule has 2 amide bonds. The first-order valence-electron chi connectivity index (χ1n) is 7.82. The average molecular weight is 359 g/mol. The lowest BCUT2D eigenvalue weighted by Crippen LogP contribution is -2.36. The van der Waals surface area contributed by atoms with Gasteiger partial charge in [0.15, 0.2) is 0 Å². The normalized spacial score (nSPS) is 16.8. The van der Waals surface area contributed by atoms with E-state index in [1.54, 1.807) is 16.7 Å². The van der Waals surface area contributed by atoms with Crippen LogP contribution in [0.25, 0.3) is 0 Å². The lowest BCUT2D eigenvalue weighted by molar-refractivity contribution is -0.125. The van der Waals surface area contributed by atoms with Crippen LogP contribution in [0, 0.1) is 11.7 Å². The number of rotatable bonds is 5. The summed E-state index contributed by atoms with van der Waals surface area (Å²) in [6, 6.07) is 13.3. The Kier molecular flexibility index (Phi) is 5.23. The highest BCUT2D eigenvalue weighted by Gasteiger charge is 2.35. The van der Waals surface area contributed by atoms with Gasteiger partial charge in [0.25, 0.3) is 0 Å². The van der Waals surface area contributed by atoms with Gasteiger partial charge in [-0.25, -0.2) is 4.39 Å². The van der Waals surface area contributed by atoms with Gasteiger partial charge in [-0.2, -0.15) is 0 Å². The number of carbonyl (C=O) groups is 2. The van der Waals surface area contributed by atoms with Crippen LogP contribution in [0.2, 0.25) is 0 Å². The molecule has 1 fully saturated rings. The van der Waals surface area contributed by atoms with E-state index in [1.165, 1.54) is 24.3 Å². The second kappa shape index (κ2) is 7.57. The Morgan fingerprint density at radius 3 is 2.48 bits per heavy atom. The van der Waals surface area contributed by atoms with E-state index in [9.17, 15) is 14.0 Å². The molecule has 0 bridgehead atoms. The van der Waals surface area contributed by atoms with Crippen molar-refractivity contribution in [2.75, 3.05) is 23.1 Å². The van der Waals surface area contributed by atoms with Crippen molar-refractivity contribution in [2.45, 2.75) is 11.3 Å². The van der Waals surface area contributed by atoms with Crippen molar-refractivity contribution in [1.82, 2.24) is 5.43 Å². The highest BCUT2D eigenvalue weighted by molar-refractivity contribution is 7.98. The molecule has 1 heterocycles. The fraction of sp³-hybridized carbons (Fsp3) is 0.222. The lowest BCUT2D eigenvalue weighted by atomic mass is 10.1. The van der Waals surface area contributed by atoms with E-state index in [0.29, 0.717) is 12.2 Å². The van der Waals surface area contributed by atoms with Gasteiger partial charge in [0, 0.05) is 23.5 Å². The van der Waals surface area contributed by atoms with Crippen molar-refractivity contribution >= 4 is 35.0 Å². The van der Waals surface area contributed by atoms with Crippen LogP contribution in [-0.4, -0.2) is 24.6 Å². The summed E-state index contributed by atoms with van der Waals surface area (Å²) in [7, 11) is 0. The number of thioether (sulfide) groups is 1. The average Bonchev–Trinajstić information content (AvgIpc) is 3.03. The van der Waals surface area contributed by atoms with E-state index in [4.69, 9.17) is 0 Å². The summed E-state index contributed by atoms with van der Waals surface area (Å²) in [5, 5.41) is 0. The van der Waals surface area contributed by atoms with Crippen LogP contribution in [0.3, 0.4) is 0 Å². The first-order valence-corrected chi connectivity index (χ1v) is 9.05. The Balaban J connectivity index is 1.59. The minimum Gasteiger partial charge on any atom is -0.312 e. The van der Waals surface area contributed by atoms with Gasteiger partial charge in [-0.1, -0.05) is 0 Å². The summed E-state index contributed by atoms with van der Waals surface area (Å²) in [6.45, 7) is 0.342. The molecule has 130 valence electrons. The third kappa shape index (κ3) is 4.11. The summed E-state index contributed by atoms with van der Waals surface area (Å²) in [5.74, 6) is -1.11. The van der Waals surface area contributed by atoms with Crippen molar-refractivity contribution in [2.24, 2.45) is 5.92 Å². The van der Waals surface area contributed by atoms with E-state index in [0.717, 1.165) is 10.6 Å². The van der Waals surface area contributed by atoms with Crippen molar-refractivity contribution < 1.29 is 14.0 Å². The zero-order valence-corrected chi connectivity index (χ0v) is 14.5. The largest absolute Gasteiger partial charge is 0.312 e. The standard InChI is InChI=1S/C18H18FN3O2S/c1-25-16-8-6-15(7-9-16)22-11-12(10-17(22)23)18(24)21-20-14-4-2-13(19)3-5-14/h2-9,12,20H,10-11H2,1H3,(H,21,24). The fourth-order valence-electron chi connectivity index (χ4n) is 2.66. The number of hydrazine groups is 1. The van der Waals surface area contributed by atoms with Crippen LogP contribution < -0.4 is 15.8 Å². The van der Waals surface area contributed by atoms with Crippen molar-refractivity contribution in [1.29, 1.82) is 0 Å². The van der Waals surface area contributed by atoms with Crippen LogP contribution in [0.1, 0.15) is 6.42 Å². The Labute approximate surface area is 149 Å². The fourth-order valence-corrected chi connectivity index (χ4v) is 3.07. The highest BCUT2D eigenvalue weighted by atomic mass is 32.2. The summed E-state index contributed by atoms with van der Waals surface area (Å²) in [6.07, 6.45) is 2.16. The molecule has 2 aromatic rings. The molecule has 0 aliphatic carbocycles. The molecule has 1 unspecified atom stereocenters. The van der Waals surface area contributed by atoms with E-state index in [2.05, 4.69) is 10.9 Å². The molecule has 0 spiro atoms. The van der Waals surface area contributed by atoms with Crippen molar-refractivity contribution in [3.63, 3.8) is 0 Å². The summed E-state index contributed by atoms with van der Waals surface area (Å²) in [4.78, 5) is 27.3. The van der Waals surface area contributed by atoms with Gasteiger partial charge >= 0.3 is 0 Å². The van der Waals surface area contributed by atoms with Crippen LogP contribution in [-0.2, 0) is 9.59 Å². The Bertz CT molecular complexity index is 765. The Hall–Kier alpha value is -2.54. The smallest absolute Gasteiger partial charge is 0.243 e. The van der Waals surface area contributed by atoms with Gasteiger partial charge < -0.3 is 4.90 Å². The maximum absolute atomic E-state index is 12.9. The lowest BCUT2D eigenvalue weighted by Gasteiger charge is -2.17. The number of nitrogens with zero attached hydrogens (tertiary/aromatic N) is 1. The van der Waals surface area contributed by atoms with Gasteiger partial charge in [0.05, 0.1) is 11.6 Å². The van der Waals surface area contributed by atoms with Gasteiger partial charge in [-0.3, -0.25) is 20.4 Å². The molecule has 0 saturated carbocycles. The Morgan fingerprint density at radius 1 is 1.16 bits per heavy atom. The second-order valence-electron chi connectivity index (χ2n) is 5.72. The number of nitrogens with one attached hydrogen (secondary N) is 2. The number of carbonyl (C=O) groups excluding carboxylic acids is 2. The number of hydrogen-bond donors (Lipinski definition) is 2. The summed E-state index contributed by atoms with van der Waals surface area (Å²) < 4.78 is 12.9. The number of anilines is 2. The van der Waals surface area contributed by atoms with Crippen molar-refractivity contribution in [3.05, 3.63) is 54.3 Å². The minimum atomic E-state index is -0.430. The molecule has 1 aliphatic rings.